The number of benzene rings is 4. The van der Waals surface area contributed by atoms with E-state index in [1.54, 1.807) is 30.3 Å². The third kappa shape index (κ3) is 7.24. The van der Waals surface area contributed by atoms with Gasteiger partial charge in [-0.05, 0) is 60.2 Å². The Morgan fingerprint density at radius 2 is 1.51 bits per heavy atom. The lowest BCUT2D eigenvalue weighted by Crippen LogP contribution is -2.09. The number of aliphatic hydroxyl groups excluding tert-OH is 1. The van der Waals surface area contributed by atoms with Crippen LogP contribution >= 0.6 is 0 Å². The van der Waals surface area contributed by atoms with Crippen molar-refractivity contribution in [1.29, 1.82) is 0 Å². The summed E-state index contributed by atoms with van der Waals surface area (Å²) in [4.78, 5) is 12.6. The molecular weight excluding hydrogens is 529 g/mol. The minimum atomic E-state index is -1.02. The average molecular weight is 561 g/mol. The molecule has 0 saturated carbocycles. The second-order valence-corrected chi connectivity index (χ2v) is 9.55. The molecular formula is C34H31F3O4. The first-order chi connectivity index (χ1) is 19.8. The van der Waals surface area contributed by atoms with E-state index in [9.17, 15) is 14.3 Å². The van der Waals surface area contributed by atoms with Gasteiger partial charge in [0.15, 0.2) is 23.2 Å². The number of unbranched alkanes of at least 4 members (excludes halogenated alkanes) is 1. The molecule has 7 heteroatoms. The number of esters is 1. The van der Waals surface area contributed by atoms with Crippen LogP contribution in [0.2, 0.25) is 0 Å². The van der Waals surface area contributed by atoms with Crippen LogP contribution in [0.15, 0.2) is 91.5 Å². The van der Waals surface area contributed by atoms with Crippen LogP contribution in [0.1, 0.15) is 54.6 Å². The van der Waals surface area contributed by atoms with E-state index in [2.05, 4.69) is 6.58 Å². The van der Waals surface area contributed by atoms with Crippen molar-refractivity contribution < 1.29 is 32.5 Å². The molecule has 0 fully saturated rings. The fourth-order valence-electron chi connectivity index (χ4n) is 4.34. The maximum atomic E-state index is 15.1. The summed E-state index contributed by atoms with van der Waals surface area (Å²) in [6, 6.07) is 19.4. The molecule has 0 aliphatic rings. The van der Waals surface area contributed by atoms with Crippen LogP contribution < -0.4 is 9.47 Å². The number of carbonyl (C=O) groups excluding carboxylic acids is 1. The number of allylic oxidation sites excluding steroid dienone is 1. The molecule has 0 aliphatic heterocycles. The van der Waals surface area contributed by atoms with Crippen molar-refractivity contribution in [3.63, 3.8) is 0 Å². The predicted octanol–water partition coefficient (Wildman–Crippen LogP) is 8.84. The first-order valence-electron chi connectivity index (χ1n) is 13.4. The summed E-state index contributed by atoms with van der Waals surface area (Å²) in [5, 5.41) is 10.1. The van der Waals surface area contributed by atoms with Gasteiger partial charge in [0.05, 0.1) is 18.3 Å². The zero-order valence-corrected chi connectivity index (χ0v) is 22.7. The van der Waals surface area contributed by atoms with Crippen LogP contribution in [0.25, 0.3) is 22.3 Å². The van der Waals surface area contributed by atoms with Gasteiger partial charge in [0.2, 0.25) is 0 Å². The van der Waals surface area contributed by atoms with E-state index in [-0.39, 0.29) is 28.2 Å². The molecule has 212 valence electrons. The first kappa shape index (κ1) is 29.6. The van der Waals surface area contributed by atoms with Gasteiger partial charge in [-0.1, -0.05) is 68.0 Å². The van der Waals surface area contributed by atoms with Crippen molar-refractivity contribution in [2.45, 2.75) is 38.7 Å². The topological polar surface area (TPSA) is 55.8 Å². The van der Waals surface area contributed by atoms with Gasteiger partial charge in [0.25, 0.3) is 0 Å². The number of ether oxygens (including phenoxy) is 2. The lowest BCUT2D eigenvalue weighted by Gasteiger charge is -2.12. The van der Waals surface area contributed by atoms with Gasteiger partial charge in [-0.15, -0.1) is 6.58 Å². The van der Waals surface area contributed by atoms with Crippen molar-refractivity contribution in [3.8, 4) is 33.8 Å². The van der Waals surface area contributed by atoms with Gasteiger partial charge >= 0.3 is 5.97 Å². The molecule has 4 nitrogen and oxygen atoms in total. The van der Waals surface area contributed by atoms with E-state index in [1.165, 1.54) is 48.5 Å². The van der Waals surface area contributed by atoms with E-state index < -0.39 is 29.5 Å². The SMILES string of the molecule is C=CCCCOc1ccc(OC(=O)c2ccc(-c3ccc(-c4ccc(C(O)CCC)cc4)c(F)c3F)cc2)cc1F. The van der Waals surface area contributed by atoms with E-state index in [0.717, 1.165) is 24.5 Å². The summed E-state index contributed by atoms with van der Waals surface area (Å²) >= 11 is 0. The van der Waals surface area contributed by atoms with Gasteiger partial charge < -0.3 is 14.6 Å². The van der Waals surface area contributed by atoms with Crippen molar-refractivity contribution in [1.82, 2.24) is 0 Å². The summed E-state index contributed by atoms with van der Waals surface area (Å²) < 4.78 is 55.2. The van der Waals surface area contributed by atoms with Crippen LogP contribution in [0, 0.1) is 17.5 Å². The van der Waals surface area contributed by atoms with Gasteiger partial charge in [0, 0.05) is 17.2 Å². The minimum Gasteiger partial charge on any atom is -0.491 e. The largest absolute Gasteiger partial charge is 0.491 e. The third-order valence-corrected chi connectivity index (χ3v) is 6.61. The predicted molar refractivity (Wildman–Crippen MR) is 153 cm³/mol. The van der Waals surface area contributed by atoms with Crippen LogP contribution in [-0.2, 0) is 0 Å². The summed E-state index contributed by atoms with van der Waals surface area (Å²) in [7, 11) is 0. The van der Waals surface area contributed by atoms with Gasteiger partial charge in [-0.25, -0.2) is 18.0 Å². The number of rotatable bonds is 12. The fraction of sp³-hybridized carbons (Fsp3) is 0.206. The molecule has 4 aromatic rings. The van der Waals surface area contributed by atoms with Gasteiger partial charge in [-0.2, -0.15) is 0 Å². The van der Waals surface area contributed by atoms with Crippen molar-refractivity contribution >= 4 is 5.97 Å². The Kier molecular flexibility index (Phi) is 9.98. The zero-order valence-electron chi connectivity index (χ0n) is 22.7. The molecule has 0 aliphatic carbocycles. The number of hydrogen-bond acceptors (Lipinski definition) is 4. The zero-order chi connectivity index (χ0) is 29.4. The Hall–Kier alpha value is -4.36. The number of aliphatic hydroxyl groups is 1. The third-order valence-electron chi connectivity index (χ3n) is 6.61. The molecule has 0 saturated heterocycles. The molecule has 0 heterocycles. The first-order valence-corrected chi connectivity index (χ1v) is 13.4. The molecule has 0 radical (unpaired) electrons. The Balaban J connectivity index is 1.44. The average Bonchev–Trinajstić information content (AvgIpc) is 2.98. The smallest absolute Gasteiger partial charge is 0.343 e. The Bertz CT molecular complexity index is 1500. The maximum absolute atomic E-state index is 15.1. The van der Waals surface area contributed by atoms with Crippen LogP contribution in [0.4, 0.5) is 13.2 Å². The van der Waals surface area contributed by atoms with Gasteiger partial charge in [-0.3, -0.25) is 0 Å². The highest BCUT2D eigenvalue weighted by Crippen LogP contribution is 2.33. The Morgan fingerprint density at radius 3 is 2.07 bits per heavy atom. The molecule has 1 N–H and O–H groups in total. The highest BCUT2D eigenvalue weighted by molar-refractivity contribution is 5.91. The lowest BCUT2D eigenvalue weighted by atomic mass is 9.96. The summed E-state index contributed by atoms with van der Waals surface area (Å²) in [5.41, 5.74) is 1.86. The fourth-order valence-corrected chi connectivity index (χ4v) is 4.34. The number of halogens is 3. The van der Waals surface area contributed by atoms with Crippen LogP contribution in [0.5, 0.6) is 11.5 Å². The lowest BCUT2D eigenvalue weighted by molar-refractivity contribution is 0.0734. The minimum absolute atomic E-state index is 0.00614. The van der Waals surface area contributed by atoms with Crippen molar-refractivity contribution in [2.24, 2.45) is 0 Å². The van der Waals surface area contributed by atoms with Crippen LogP contribution in [-0.4, -0.2) is 17.7 Å². The molecule has 0 spiro atoms. The van der Waals surface area contributed by atoms with Gasteiger partial charge in [0.1, 0.15) is 5.75 Å². The van der Waals surface area contributed by atoms with E-state index in [0.29, 0.717) is 30.6 Å². The normalized spacial score (nSPS) is 11.6. The molecule has 0 bridgehead atoms. The Morgan fingerprint density at radius 1 is 0.902 bits per heavy atom. The molecule has 1 unspecified atom stereocenters. The maximum Gasteiger partial charge on any atom is 0.343 e. The monoisotopic (exact) mass is 560 g/mol. The standard InChI is InChI=1S/C34H31F3O4/c1-3-5-6-20-40-31-19-16-26(21-29(31)35)41-34(39)25-14-10-23(11-15-25)28-18-17-27(32(36)33(28)37)22-8-12-24(13-9-22)30(38)7-4-2/h3,8-19,21,30,38H,1,4-7,20H2,2H3. The summed E-state index contributed by atoms with van der Waals surface area (Å²) in [6.07, 6.45) is 4.05. The highest BCUT2D eigenvalue weighted by atomic mass is 19.2. The van der Waals surface area contributed by atoms with Crippen molar-refractivity contribution in [3.05, 3.63) is 120 Å². The van der Waals surface area contributed by atoms with Crippen molar-refractivity contribution in [2.75, 3.05) is 6.61 Å². The molecule has 4 rings (SSSR count). The Labute approximate surface area is 237 Å². The van der Waals surface area contributed by atoms with E-state index >= 15 is 8.78 Å². The summed E-state index contributed by atoms with van der Waals surface area (Å²) in [5.74, 6) is -3.34. The molecule has 0 amide bonds. The summed E-state index contributed by atoms with van der Waals surface area (Å²) in [6.45, 7) is 5.93. The van der Waals surface area contributed by atoms with E-state index in [4.69, 9.17) is 9.47 Å². The molecule has 1 atom stereocenters. The second kappa shape index (κ2) is 13.8. The second-order valence-electron chi connectivity index (χ2n) is 9.55. The quantitative estimate of drug-likeness (QED) is 0.0814. The highest BCUT2D eigenvalue weighted by Gasteiger charge is 2.18. The van der Waals surface area contributed by atoms with Crippen LogP contribution in [0.3, 0.4) is 0 Å². The number of carbonyl (C=O) groups is 1. The molecule has 41 heavy (non-hydrogen) atoms. The van der Waals surface area contributed by atoms with E-state index in [1.807, 2.05) is 6.92 Å². The number of hydrogen-bond donors (Lipinski definition) is 1. The molecule has 0 aromatic heterocycles. The molecule has 4 aromatic carbocycles.